The molecule has 0 aromatic heterocycles. The van der Waals surface area contributed by atoms with Crippen molar-refractivity contribution in [1.29, 1.82) is 0 Å². The third-order valence-electron chi connectivity index (χ3n) is 5.31. The van der Waals surface area contributed by atoms with Gasteiger partial charge in [0.25, 0.3) is 0 Å². The van der Waals surface area contributed by atoms with Gasteiger partial charge in [0.2, 0.25) is 0 Å². The molecule has 0 aromatic carbocycles. The van der Waals surface area contributed by atoms with E-state index in [1.54, 1.807) is 0 Å². The van der Waals surface area contributed by atoms with Crippen molar-refractivity contribution in [3.05, 3.63) is 23.3 Å². The van der Waals surface area contributed by atoms with Gasteiger partial charge in [0.1, 0.15) is 0 Å². The van der Waals surface area contributed by atoms with Gasteiger partial charge in [-0.15, -0.1) is 0 Å². The van der Waals surface area contributed by atoms with Gasteiger partial charge >= 0.3 is 0 Å². The Morgan fingerprint density at radius 2 is 1.73 bits per heavy atom. The molecule has 0 aromatic rings. The zero-order valence-corrected chi connectivity index (χ0v) is 14.7. The maximum absolute atomic E-state index is 11.0. The SMILES string of the molecule is C/C1=C\C=C(\C(C)C)C[C@](C)(O)[C@H]2CC[C@](C)(O)[C@@H](CC1)O2. The Labute approximate surface area is 135 Å². The lowest BCUT2D eigenvalue weighted by Crippen LogP contribution is -2.54. The highest BCUT2D eigenvalue weighted by Crippen LogP contribution is 2.39. The molecule has 2 rings (SSSR count). The second-order valence-electron chi connectivity index (χ2n) is 7.99. The van der Waals surface area contributed by atoms with Crippen LogP contribution in [-0.2, 0) is 4.74 Å². The molecule has 0 aliphatic carbocycles. The first-order valence-electron chi connectivity index (χ1n) is 8.58. The molecule has 2 bridgehead atoms. The van der Waals surface area contributed by atoms with Crippen LogP contribution >= 0.6 is 0 Å². The zero-order valence-electron chi connectivity index (χ0n) is 14.7. The summed E-state index contributed by atoms with van der Waals surface area (Å²) in [5, 5.41) is 21.6. The van der Waals surface area contributed by atoms with Crippen LogP contribution in [0.3, 0.4) is 0 Å². The predicted molar refractivity (Wildman–Crippen MR) is 89.7 cm³/mol. The van der Waals surface area contributed by atoms with E-state index in [1.165, 1.54) is 11.1 Å². The highest BCUT2D eigenvalue weighted by atomic mass is 16.5. The van der Waals surface area contributed by atoms with Gasteiger partial charge in [0, 0.05) is 0 Å². The fraction of sp³-hybridized carbons (Fsp3) is 0.789. The molecule has 1 saturated heterocycles. The van der Waals surface area contributed by atoms with Crippen LogP contribution in [0, 0.1) is 5.92 Å². The van der Waals surface area contributed by atoms with Gasteiger partial charge in [-0.05, 0) is 58.8 Å². The van der Waals surface area contributed by atoms with Gasteiger partial charge < -0.3 is 14.9 Å². The molecular weight excluding hydrogens is 276 g/mol. The second-order valence-corrected chi connectivity index (χ2v) is 7.99. The van der Waals surface area contributed by atoms with E-state index in [1.807, 2.05) is 13.8 Å². The summed E-state index contributed by atoms with van der Waals surface area (Å²) in [6, 6.07) is 0. The summed E-state index contributed by atoms with van der Waals surface area (Å²) in [5.74, 6) is 0.402. The summed E-state index contributed by atoms with van der Waals surface area (Å²) >= 11 is 0. The first kappa shape index (κ1) is 17.7. The number of rotatable bonds is 1. The van der Waals surface area contributed by atoms with Crippen LogP contribution in [0.4, 0.5) is 0 Å². The Morgan fingerprint density at radius 1 is 1.09 bits per heavy atom. The van der Waals surface area contributed by atoms with Crippen LogP contribution < -0.4 is 0 Å². The fourth-order valence-corrected chi connectivity index (χ4v) is 3.51. The normalized spacial score (nSPS) is 45.5. The topological polar surface area (TPSA) is 49.7 Å². The molecule has 22 heavy (non-hydrogen) atoms. The lowest BCUT2D eigenvalue weighted by molar-refractivity contribution is -0.214. The summed E-state index contributed by atoms with van der Waals surface area (Å²) in [6.07, 6.45) is 7.63. The summed E-state index contributed by atoms with van der Waals surface area (Å²) < 4.78 is 6.17. The molecule has 4 atom stereocenters. The number of ether oxygens (including phenoxy) is 1. The molecule has 126 valence electrons. The molecule has 2 N–H and O–H groups in total. The van der Waals surface area contributed by atoms with Crippen LogP contribution in [0.2, 0.25) is 0 Å². The maximum Gasteiger partial charge on any atom is 0.0917 e. The summed E-state index contributed by atoms with van der Waals surface area (Å²) in [6.45, 7) is 10.2. The van der Waals surface area contributed by atoms with Gasteiger partial charge in [0.05, 0.1) is 23.4 Å². The quantitative estimate of drug-likeness (QED) is 0.775. The average Bonchev–Trinajstić information content (AvgIpc) is 2.42. The van der Waals surface area contributed by atoms with Gasteiger partial charge in [0.15, 0.2) is 0 Å². The molecule has 0 saturated carbocycles. The Bertz CT molecular complexity index is 457. The number of aliphatic hydroxyl groups is 2. The molecule has 0 amide bonds. The first-order chi connectivity index (χ1) is 10.1. The molecule has 3 nitrogen and oxygen atoms in total. The largest absolute Gasteiger partial charge is 0.387 e. The highest BCUT2D eigenvalue weighted by Gasteiger charge is 2.45. The number of fused-ring (bicyclic) bond motifs is 2. The van der Waals surface area contributed by atoms with Crippen molar-refractivity contribution >= 4 is 0 Å². The maximum atomic E-state index is 11.0. The molecule has 0 unspecified atom stereocenters. The number of hydrogen-bond acceptors (Lipinski definition) is 3. The average molecular weight is 308 g/mol. The molecule has 1 fully saturated rings. The van der Waals surface area contributed by atoms with E-state index in [4.69, 9.17) is 4.74 Å². The molecule has 3 heteroatoms. The van der Waals surface area contributed by atoms with Crippen molar-refractivity contribution in [3.63, 3.8) is 0 Å². The Kier molecular flexibility index (Phi) is 5.20. The van der Waals surface area contributed by atoms with Crippen LogP contribution in [0.15, 0.2) is 23.3 Å². The minimum atomic E-state index is -0.892. The number of allylic oxidation sites excluding steroid dienone is 3. The Morgan fingerprint density at radius 3 is 2.36 bits per heavy atom. The Hall–Kier alpha value is -0.640. The Balaban J connectivity index is 2.32. The zero-order chi connectivity index (χ0) is 16.5. The van der Waals surface area contributed by atoms with E-state index in [0.29, 0.717) is 25.2 Å². The lowest BCUT2D eigenvalue weighted by atomic mass is 9.79. The predicted octanol–water partition coefficient (Wildman–Crippen LogP) is 3.75. The van der Waals surface area contributed by atoms with Gasteiger partial charge in [-0.3, -0.25) is 0 Å². The van der Waals surface area contributed by atoms with Crippen molar-refractivity contribution in [2.45, 2.75) is 90.1 Å². The standard InChI is InChI=1S/C19H32O3/c1-13(2)15-8-6-14(3)7-9-16-18(4,20)11-10-17(22-16)19(5,21)12-15/h6,8,13,16-17,20-21H,7,9-12H2,1-5H3/b14-6+,15-8+/t16-,17-,18+,19+/m1/s1. The van der Waals surface area contributed by atoms with Crippen LogP contribution in [-0.4, -0.2) is 33.6 Å². The minimum absolute atomic E-state index is 0.207. The summed E-state index contributed by atoms with van der Waals surface area (Å²) in [7, 11) is 0. The van der Waals surface area contributed by atoms with Gasteiger partial charge in [-0.1, -0.05) is 37.1 Å². The first-order valence-corrected chi connectivity index (χ1v) is 8.58. The van der Waals surface area contributed by atoms with Gasteiger partial charge in [-0.25, -0.2) is 0 Å². The molecule has 0 spiro atoms. The number of hydrogen-bond donors (Lipinski definition) is 2. The van der Waals surface area contributed by atoms with E-state index < -0.39 is 11.2 Å². The molecule has 2 heterocycles. The van der Waals surface area contributed by atoms with Crippen LogP contribution in [0.5, 0.6) is 0 Å². The van der Waals surface area contributed by atoms with Crippen molar-refractivity contribution in [3.8, 4) is 0 Å². The lowest BCUT2D eigenvalue weighted by Gasteiger charge is -2.46. The summed E-state index contributed by atoms with van der Waals surface area (Å²) in [5.41, 5.74) is 0.858. The van der Waals surface area contributed by atoms with Crippen molar-refractivity contribution < 1.29 is 14.9 Å². The van der Waals surface area contributed by atoms with E-state index >= 15 is 0 Å². The van der Waals surface area contributed by atoms with Crippen molar-refractivity contribution in [1.82, 2.24) is 0 Å². The highest BCUT2D eigenvalue weighted by molar-refractivity contribution is 5.21. The van der Waals surface area contributed by atoms with Crippen LogP contribution in [0.25, 0.3) is 0 Å². The second kappa shape index (κ2) is 6.46. The van der Waals surface area contributed by atoms with Crippen molar-refractivity contribution in [2.75, 3.05) is 0 Å². The third kappa shape index (κ3) is 4.01. The molecule has 2 aliphatic heterocycles. The van der Waals surface area contributed by atoms with E-state index in [9.17, 15) is 10.2 Å². The van der Waals surface area contributed by atoms with Crippen LogP contribution in [0.1, 0.15) is 66.7 Å². The smallest absolute Gasteiger partial charge is 0.0917 e. The molecular formula is C19H32O3. The minimum Gasteiger partial charge on any atom is -0.387 e. The van der Waals surface area contributed by atoms with Gasteiger partial charge in [-0.2, -0.15) is 0 Å². The molecule has 2 aliphatic rings. The fourth-order valence-electron chi connectivity index (χ4n) is 3.51. The third-order valence-corrected chi connectivity index (χ3v) is 5.31. The molecule has 0 radical (unpaired) electrons. The van der Waals surface area contributed by atoms with Crippen molar-refractivity contribution in [2.24, 2.45) is 5.92 Å². The van der Waals surface area contributed by atoms with E-state index in [0.717, 1.165) is 12.8 Å². The van der Waals surface area contributed by atoms with E-state index in [2.05, 4.69) is 32.9 Å². The monoisotopic (exact) mass is 308 g/mol. The van der Waals surface area contributed by atoms with E-state index in [-0.39, 0.29) is 12.2 Å². The summed E-state index contributed by atoms with van der Waals surface area (Å²) in [4.78, 5) is 0.